The first-order chi connectivity index (χ1) is 9.56. The second kappa shape index (κ2) is 5.87. The lowest BCUT2D eigenvalue weighted by Crippen LogP contribution is -2.45. The first kappa shape index (κ1) is 14.3. The van der Waals surface area contributed by atoms with Gasteiger partial charge in [-0.3, -0.25) is 9.59 Å². The van der Waals surface area contributed by atoms with Gasteiger partial charge in [-0.25, -0.2) is 0 Å². The SMILES string of the molecule is Cc1ccccc1N1CCC[C@@H](C(=O)[C@H](C)C#N)C1=O. The summed E-state index contributed by atoms with van der Waals surface area (Å²) in [5, 5.41) is 8.85. The van der Waals surface area contributed by atoms with Crippen molar-refractivity contribution in [3.63, 3.8) is 0 Å². The molecule has 0 aliphatic carbocycles. The zero-order valence-electron chi connectivity index (χ0n) is 11.8. The van der Waals surface area contributed by atoms with Gasteiger partial charge >= 0.3 is 0 Å². The number of ketones is 1. The minimum atomic E-state index is -0.722. The van der Waals surface area contributed by atoms with E-state index < -0.39 is 11.8 Å². The molecule has 104 valence electrons. The molecule has 2 rings (SSSR count). The van der Waals surface area contributed by atoms with Crippen LogP contribution in [-0.4, -0.2) is 18.2 Å². The van der Waals surface area contributed by atoms with Gasteiger partial charge < -0.3 is 4.90 Å². The molecule has 0 spiro atoms. The molecule has 4 nitrogen and oxygen atoms in total. The lowest BCUT2D eigenvalue weighted by molar-refractivity contribution is -0.135. The number of aryl methyl sites for hydroxylation is 1. The summed E-state index contributed by atoms with van der Waals surface area (Å²) in [4.78, 5) is 26.4. The molecule has 1 amide bonds. The zero-order chi connectivity index (χ0) is 14.7. The standard InChI is InChI=1S/C16H18N2O2/c1-11-6-3-4-8-14(11)18-9-5-7-13(16(18)20)15(19)12(2)10-17/h3-4,6,8,12-13H,5,7,9H2,1-2H3/t12-,13+/m1/s1. The maximum absolute atomic E-state index is 12.5. The predicted molar refractivity (Wildman–Crippen MR) is 76.0 cm³/mol. The summed E-state index contributed by atoms with van der Waals surface area (Å²) in [6.45, 7) is 4.14. The van der Waals surface area contributed by atoms with Crippen LogP contribution >= 0.6 is 0 Å². The minimum Gasteiger partial charge on any atom is -0.312 e. The monoisotopic (exact) mass is 270 g/mol. The van der Waals surface area contributed by atoms with Gasteiger partial charge in [-0.2, -0.15) is 5.26 Å². The maximum atomic E-state index is 12.5. The Hall–Kier alpha value is -2.15. The summed E-state index contributed by atoms with van der Waals surface area (Å²) in [6, 6.07) is 9.59. The predicted octanol–water partition coefficient (Wildman–Crippen LogP) is 2.47. The molecule has 1 heterocycles. The second-order valence-electron chi connectivity index (χ2n) is 5.22. The lowest BCUT2D eigenvalue weighted by Gasteiger charge is -2.32. The van der Waals surface area contributed by atoms with Gasteiger partial charge in [0.25, 0.3) is 0 Å². The summed E-state index contributed by atoms with van der Waals surface area (Å²) in [5.74, 6) is -1.81. The Morgan fingerprint density at radius 3 is 2.80 bits per heavy atom. The van der Waals surface area contributed by atoms with Crippen LogP contribution in [0.25, 0.3) is 0 Å². The Balaban J connectivity index is 2.26. The average Bonchev–Trinajstić information content (AvgIpc) is 2.47. The number of piperidine rings is 1. The summed E-state index contributed by atoms with van der Waals surface area (Å²) in [6.07, 6.45) is 1.33. The number of hydrogen-bond acceptors (Lipinski definition) is 3. The third kappa shape index (κ3) is 2.57. The van der Waals surface area contributed by atoms with Crippen molar-refractivity contribution in [3.05, 3.63) is 29.8 Å². The third-order valence-corrected chi connectivity index (χ3v) is 3.81. The van der Waals surface area contributed by atoms with Gasteiger partial charge in [0.1, 0.15) is 5.92 Å². The Kier molecular flexibility index (Phi) is 4.19. The highest BCUT2D eigenvalue weighted by Crippen LogP contribution is 2.28. The van der Waals surface area contributed by atoms with Crippen molar-refractivity contribution in [2.45, 2.75) is 26.7 Å². The van der Waals surface area contributed by atoms with Gasteiger partial charge in [0.05, 0.1) is 12.0 Å². The van der Waals surface area contributed by atoms with Crippen molar-refractivity contribution in [2.24, 2.45) is 11.8 Å². The molecule has 1 saturated heterocycles. The molecule has 20 heavy (non-hydrogen) atoms. The Morgan fingerprint density at radius 1 is 1.45 bits per heavy atom. The van der Waals surface area contributed by atoms with Crippen molar-refractivity contribution < 1.29 is 9.59 Å². The van der Waals surface area contributed by atoms with Crippen molar-refractivity contribution in [3.8, 4) is 6.07 Å². The molecule has 0 aromatic heterocycles. The molecule has 0 bridgehead atoms. The van der Waals surface area contributed by atoms with E-state index in [0.29, 0.717) is 13.0 Å². The van der Waals surface area contributed by atoms with E-state index in [1.54, 1.807) is 11.8 Å². The molecule has 4 heteroatoms. The molecule has 1 fully saturated rings. The highest BCUT2D eigenvalue weighted by Gasteiger charge is 2.36. The van der Waals surface area contributed by atoms with Crippen LogP contribution < -0.4 is 4.90 Å². The van der Waals surface area contributed by atoms with Crippen molar-refractivity contribution >= 4 is 17.4 Å². The Bertz CT molecular complexity index is 574. The molecule has 0 unspecified atom stereocenters. The number of carbonyl (C=O) groups excluding carboxylic acids is 2. The number of nitriles is 1. The summed E-state index contributed by atoms with van der Waals surface area (Å²) >= 11 is 0. The summed E-state index contributed by atoms with van der Waals surface area (Å²) < 4.78 is 0. The highest BCUT2D eigenvalue weighted by atomic mass is 16.2. The molecule has 2 atom stereocenters. The van der Waals surface area contributed by atoms with Crippen LogP contribution in [0.15, 0.2) is 24.3 Å². The number of hydrogen-bond donors (Lipinski definition) is 0. The van der Waals surface area contributed by atoms with Crippen molar-refractivity contribution in [1.29, 1.82) is 5.26 Å². The van der Waals surface area contributed by atoms with Crippen molar-refractivity contribution in [2.75, 3.05) is 11.4 Å². The number of anilines is 1. The average molecular weight is 270 g/mol. The largest absolute Gasteiger partial charge is 0.312 e. The molecule has 1 aromatic carbocycles. The molecule has 0 radical (unpaired) electrons. The zero-order valence-corrected chi connectivity index (χ0v) is 11.8. The summed E-state index contributed by atoms with van der Waals surface area (Å²) in [5.41, 5.74) is 1.88. The van der Waals surface area contributed by atoms with Crippen LogP contribution in [0.2, 0.25) is 0 Å². The fourth-order valence-electron chi connectivity index (χ4n) is 2.61. The molecule has 1 aliphatic heterocycles. The fourth-order valence-corrected chi connectivity index (χ4v) is 2.61. The topological polar surface area (TPSA) is 61.2 Å². The third-order valence-electron chi connectivity index (χ3n) is 3.81. The smallest absolute Gasteiger partial charge is 0.237 e. The van der Waals surface area contributed by atoms with Gasteiger partial charge in [0.2, 0.25) is 5.91 Å². The normalized spacial score (nSPS) is 20.4. The summed E-state index contributed by atoms with van der Waals surface area (Å²) in [7, 11) is 0. The lowest BCUT2D eigenvalue weighted by atomic mass is 9.87. The van der Waals surface area contributed by atoms with Gasteiger partial charge in [-0.15, -0.1) is 0 Å². The number of nitrogens with zero attached hydrogens (tertiary/aromatic N) is 2. The van der Waals surface area contributed by atoms with E-state index in [1.807, 2.05) is 37.3 Å². The number of rotatable bonds is 3. The van der Waals surface area contributed by atoms with E-state index in [1.165, 1.54) is 0 Å². The van der Waals surface area contributed by atoms with Gasteiger partial charge in [0, 0.05) is 12.2 Å². The van der Waals surface area contributed by atoms with Crippen molar-refractivity contribution in [1.82, 2.24) is 0 Å². The van der Waals surface area contributed by atoms with Crippen LogP contribution in [0.5, 0.6) is 0 Å². The van der Waals surface area contributed by atoms with E-state index >= 15 is 0 Å². The molecular weight excluding hydrogens is 252 g/mol. The van der Waals surface area contributed by atoms with Crippen LogP contribution in [0, 0.1) is 30.1 Å². The highest BCUT2D eigenvalue weighted by molar-refractivity contribution is 6.10. The Labute approximate surface area is 119 Å². The van der Waals surface area contributed by atoms with E-state index in [4.69, 9.17) is 5.26 Å². The van der Waals surface area contributed by atoms with E-state index in [9.17, 15) is 9.59 Å². The fraction of sp³-hybridized carbons (Fsp3) is 0.438. The van der Waals surface area contributed by atoms with Crippen LogP contribution in [-0.2, 0) is 9.59 Å². The molecule has 1 aromatic rings. The number of Topliss-reactive ketones (excluding diaryl/α,β-unsaturated/α-hetero) is 1. The number of carbonyl (C=O) groups is 2. The first-order valence-corrected chi connectivity index (χ1v) is 6.86. The quantitative estimate of drug-likeness (QED) is 0.793. The number of para-hydroxylation sites is 1. The molecule has 0 saturated carbocycles. The molecular formula is C16H18N2O2. The van der Waals surface area contributed by atoms with Gasteiger partial charge in [0.15, 0.2) is 5.78 Å². The van der Waals surface area contributed by atoms with Crippen LogP contribution in [0.4, 0.5) is 5.69 Å². The van der Waals surface area contributed by atoms with E-state index in [0.717, 1.165) is 17.7 Å². The molecule has 0 N–H and O–H groups in total. The maximum Gasteiger partial charge on any atom is 0.237 e. The van der Waals surface area contributed by atoms with E-state index in [-0.39, 0.29) is 11.7 Å². The second-order valence-corrected chi connectivity index (χ2v) is 5.22. The number of amides is 1. The first-order valence-electron chi connectivity index (χ1n) is 6.86. The minimum absolute atomic E-state index is 0.169. The van der Waals surface area contributed by atoms with E-state index in [2.05, 4.69) is 0 Å². The van der Waals surface area contributed by atoms with Crippen LogP contribution in [0.3, 0.4) is 0 Å². The Morgan fingerprint density at radius 2 is 2.15 bits per heavy atom. The number of benzene rings is 1. The van der Waals surface area contributed by atoms with Gasteiger partial charge in [-0.05, 0) is 38.3 Å². The van der Waals surface area contributed by atoms with Crippen LogP contribution in [0.1, 0.15) is 25.3 Å². The van der Waals surface area contributed by atoms with Gasteiger partial charge in [-0.1, -0.05) is 18.2 Å². The molecule has 1 aliphatic rings.